The largest absolute Gasteiger partial charge is 0.355 e. The Bertz CT molecular complexity index is 544. The first-order chi connectivity index (χ1) is 8.83. The quantitative estimate of drug-likeness (QED) is 0.834. The summed E-state index contributed by atoms with van der Waals surface area (Å²) in [5.74, 6) is -0.0616. The summed E-state index contributed by atoms with van der Waals surface area (Å²) in [5, 5.41) is 2.74. The highest BCUT2D eigenvalue weighted by Gasteiger charge is 2.18. The van der Waals surface area contributed by atoms with Crippen LogP contribution in [0.1, 0.15) is 13.8 Å². The van der Waals surface area contributed by atoms with Gasteiger partial charge in [-0.25, -0.2) is 13.1 Å². The van der Waals surface area contributed by atoms with Crippen molar-refractivity contribution in [3.63, 3.8) is 0 Å². The molecule has 106 valence electrons. The van der Waals surface area contributed by atoms with Gasteiger partial charge >= 0.3 is 0 Å². The van der Waals surface area contributed by atoms with Gasteiger partial charge in [-0.2, -0.15) is 0 Å². The number of carbonyl (C=O) groups excluding carboxylic acids is 1. The van der Waals surface area contributed by atoms with Gasteiger partial charge in [0.05, 0.1) is 11.6 Å². The molecular weight excluding hydrogens is 288 g/mol. The molecular formula is C12H17ClN2O3S. The van der Waals surface area contributed by atoms with Crippen LogP contribution in [0.2, 0.25) is 5.02 Å². The van der Waals surface area contributed by atoms with Crippen LogP contribution < -0.4 is 10.0 Å². The lowest BCUT2D eigenvalue weighted by Gasteiger charge is -2.10. The van der Waals surface area contributed by atoms with Crippen LogP contribution in [0.3, 0.4) is 0 Å². The second-order valence-corrected chi connectivity index (χ2v) is 6.60. The van der Waals surface area contributed by atoms with E-state index in [0.29, 0.717) is 12.5 Å². The minimum atomic E-state index is -3.77. The first-order valence-electron chi connectivity index (χ1n) is 5.84. The van der Waals surface area contributed by atoms with Gasteiger partial charge in [-0.1, -0.05) is 37.6 Å². The number of hydrogen-bond acceptors (Lipinski definition) is 3. The van der Waals surface area contributed by atoms with Gasteiger partial charge in [0.15, 0.2) is 0 Å². The minimum absolute atomic E-state index is 0.0340. The van der Waals surface area contributed by atoms with Gasteiger partial charge in [-0.05, 0) is 18.1 Å². The molecule has 0 radical (unpaired) electrons. The third-order valence-corrected chi connectivity index (χ3v) is 4.16. The van der Waals surface area contributed by atoms with Gasteiger partial charge in [0.2, 0.25) is 15.9 Å². The predicted octanol–water partition coefficient (Wildman–Crippen LogP) is 1.39. The van der Waals surface area contributed by atoms with Gasteiger partial charge in [0.25, 0.3) is 0 Å². The average Bonchev–Trinajstić information content (AvgIpc) is 2.34. The van der Waals surface area contributed by atoms with Gasteiger partial charge in [0.1, 0.15) is 4.90 Å². The zero-order chi connectivity index (χ0) is 14.5. The molecule has 0 aliphatic heterocycles. The molecule has 7 heteroatoms. The Morgan fingerprint density at radius 2 is 1.95 bits per heavy atom. The fraction of sp³-hybridized carbons (Fsp3) is 0.417. The summed E-state index contributed by atoms with van der Waals surface area (Å²) in [7, 11) is -3.77. The fourth-order valence-corrected chi connectivity index (χ4v) is 2.78. The molecule has 1 aromatic carbocycles. The van der Waals surface area contributed by atoms with Crippen LogP contribution in [-0.4, -0.2) is 27.4 Å². The van der Waals surface area contributed by atoms with Crippen LogP contribution in [0.25, 0.3) is 0 Å². The molecule has 0 heterocycles. The zero-order valence-electron chi connectivity index (χ0n) is 10.8. The van der Waals surface area contributed by atoms with Gasteiger partial charge in [0, 0.05) is 6.54 Å². The molecule has 19 heavy (non-hydrogen) atoms. The highest BCUT2D eigenvalue weighted by Crippen LogP contribution is 2.19. The smallest absolute Gasteiger partial charge is 0.242 e. The maximum atomic E-state index is 11.9. The van der Waals surface area contributed by atoms with Crippen LogP contribution in [0.15, 0.2) is 29.2 Å². The summed E-state index contributed by atoms with van der Waals surface area (Å²) in [6.07, 6.45) is 0. The molecule has 0 saturated carbocycles. The van der Waals surface area contributed by atoms with Crippen LogP contribution >= 0.6 is 11.6 Å². The highest BCUT2D eigenvalue weighted by atomic mass is 35.5. The number of amides is 1. The van der Waals surface area contributed by atoms with Crippen molar-refractivity contribution in [1.29, 1.82) is 0 Å². The molecule has 0 unspecified atom stereocenters. The summed E-state index contributed by atoms with van der Waals surface area (Å²) in [6.45, 7) is 4.11. The van der Waals surface area contributed by atoms with Crippen molar-refractivity contribution in [3.05, 3.63) is 29.3 Å². The van der Waals surface area contributed by atoms with Crippen molar-refractivity contribution >= 4 is 27.5 Å². The van der Waals surface area contributed by atoms with E-state index in [-0.39, 0.29) is 22.4 Å². The summed E-state index contributed by atoms with van der Waals surface area (Å²) in [4.78, 5) is 11.4. The molecule has 0 fully saturated rings. The molecule has 0 saturated heterocycles. The molecule has 0 aliphatic rings. The third kappa shape index (κ3) is 5.18. The summed E-state index contributed by atoms with van der Waals surface area (Å²) < 4.78 is 26.1. The van der Waals surface area contributed by atoms with E-state index in [1.54, 1.807) is 12.1 Å². The van der Waals surface area contributed by atoms with E-state index in [1.807, 2.05) is 13.8 Å². The van der Waals surface area contributed by atoms with Crippen LogP contribution in [0.4, 0.5) is 0 Å². The Kier molecular flexibility index (Phi) is 5.78. The monoisotopic (exact) mass is 304 g/mol. The van der Waals surface area contributed by atoms with E-state index in [1.165, 1.54) is 12.1 Å². The van der Waals surface area contributed by atoms with Crippen molar-refractivity contribution in [2.75, 3.05) is 13.1 Å². The third-order valence-electron chi connectivity index (χ3n) is 2.26. The van der Waals surface area contributed by atoms with E-state index in [0.717, 1.165) is 0 Å². The maximum absolute atomic E-state index is 11.9. The summed E-state index contributed by atoms with van der Waals surface area (Å²) in [5.41, 5.74) is 0. The van der Waals surface area contributed by atoms with Gasteiger partial charge in [-0.15, -0.1) is 0 Å². The first-order valence-corrected chi connectivity index (χ1v) is 7.70. The number of benzene rings is 1. The summed E-state index contributed by atoms with van der Waals surface area (Å²) >= 11 is 5.81. The van der Waals surface area contributed by atoms with Gasteiger partial charge in [-0.3, -0.25) is 4.79 Å². The van der Waals surface area contributed by atoms with Gasteiger partial charge < -0.3 is 5.32 Å². The van der Waals surface area contributed by atoms with E-state index in [2.05, 4.69) is 10.0 Å². The number of hydrogen-bond donors (Lipinski definition) is 2. The Labute approximate surface area is 118 Å². The standard InChI is InChI=1S/C12H17ClN2O3S/c1-9(2)7-14-12(16)8-15-19(17,18)11-6-4-3-5-10(11)13/h3-6,9,15H,7-8H2,1-2H3,(H,14,16). The van der Waals surface area contributed by atoms with Crippen molar-refractivity contribution in [2.24, 2.45) is 5.92 Å². The van der Waals surface area contributed by atoms with Crippen molar-refractivity contribution in [2.45, 2.75) is 18.7 Å². The molecule has 0 aliphatic carbocycles. The minimum Gasteiger partial charge on any atom is -0.355 e. The molecule has 1 rings (SSSR count). The number of sulfonamides is 1. The first kappa shape index (κ1) is 15.9. The average molecular weight is 305 g/mol. The van der Waals surface area contributed by atoms with E-state index < -0.39 is 10.0 Å². The Morgan fingerprint density at radius 3 is 2.53 bits per heavy atom. The number of rotatable bonds is 6. The number of nitrogens with one attached hydrogen (secondary N) is 2. The summed E-state index contributed by atoms with van der Waals surface area (Å²) in [6, 6.07) is 6.07. The Hall–Kier alpha value is -1.11. The van der Waals surface area contributed by atoms with Crippen LogP contribution in [-0.2, 0) is 14.8 Å². The fourth-order valence-electron chi connectivity index (χ4n) is 1.28. The molecule has 5 nitrogen and oxygen atoms in total. The maximum Gasteiger partial charge on any atom is 0.242 e. The number of carbonyl (C=O) groups is 1. The lowest BCUT2D eigenvalue weighted by molar-refractivity contribution is -0.120. The molecule has 1 aromatic rings. The molecule has 0 atom stereocenters. The molecule has 0 aromatic heterocycles. The zero-order valence-corrected chi connectivity index (χ0v) is 12.4. The lowest BCUT2D eigenvalue weighted by Crippen LogP contribution is -2.38. The van der Waals surface area contributed by atoms with E-state index in [4.69, 9.17) is 11.6 Å². The highest BCUT2D eigenvalue weighted by molar-refractivity contribution is 7.89. The topological polar surface area (TPSA) is 75.3 Å². The van der Waals surface area contributed by atoms with Crippen molar-refractivity contribution < 1.29 is 13.2 Å². The number of halogens is 1. The van der Waals surface area contributed by atoms with Crippen LogP contribution in [0, 0.1) is 5.92 Å². The molecule has 2 N–H and O–H groups in total. The van der Waals surface area contributed by atoms with E-state index in [9.17, 15) is 13.2 Å². The predicted molar refractivity (Wildman–Crippen MR) is 74.5 cm³/mol. The van der Waals surface area contributed by atoms with Crippen molar-refractivity contribution in [3.8, 4) is 0 Å². The Balaban J connectivity index is 2.62. The molecule has 0 spiro atoms. The van der Waals surface area contributed by atoms with Crippen LogP contribution in [0.5, 0.6) is 0 Å². The Morgan fingerprint density at radius 1 is 1.32 bits per heavy atom. The normalized spacial score (nSPS) is 11.6. The second-order valence-electron chi connectivity index (χ2n) is 4.45. The van der Waals surface area contributed by atoms with E-state index >= 15 is 0 Å². The SMILES string of the molecule is CC(C)CNC(=O)CNS(=O)(=O)c1ccccc1Cl. The molecule has 1 amide bonds. The van der Waals surface area contributed by atoms with Crippen molar-refractivity contribution in [1.82, 2.24) is 10.0 Å². The lowest BCUT2D eigenvalue weighted by atomic mass is 10.2. The second kappa shape index (κ2) is 6.88. The molecule has 0 bridgehead atoms.